The average molecular weight is 262 g/mol. The van der Waals surface area contributed by atoms with Gasteiger partial charge in [-0.15, -0.1) is 0 Å². The molecule has 3 nitrogen and oxygen atoms in total. The van der Waals surface area contributed by atoms with Gasteiger partial charge in [0.25, 0.3) is 0 Å². The molecule has 0 radical (unpaired) electrons. The van der Waals surface area contributed by atoms with Crippen molar-refractivity contribution in [2.75, 3.05) is 33.4 Å². The highest BCUT2D eigenvalue weighted by Crippen LogP contribution is 2.22. The van der Waals surface area contributed by atoms with E-state index in [0.717, 1.165) is 45.7 Å². The molecule has 1 N–H and O–H groups in total. The quantitative estimate of drug-likeness (QED) is 0.761. The van der Waals surface area contributed by atoms with Gasteiger partial charge >= 0.3 is 0 Å². The van der Waals surface area contributed by atoms with Crippen LogP contribution in [0.25, 0.3) is 0 Å². The largest absolute Gasteiger partial charge is 0.380 e. The van der Waals surface area contributed by atoms with Gasteiger partial charge in [-0.3, -0.25) is 4.90 Å². The topological polar surface area (TPSA) is 24.5 Å². The lowest BCUT2D eigenvalue weighted by Gasteiger charge is -2.36. The number of hydrogen-bond acceptors (Lipinski definition) is 3. The van der Waals surface area contributed by atoms with Crippen molar-refractivity contribution in [2.45, 2.75) is 32.4 Å². The van der Waals surface area contributed by atoms with E-state index < -0.39 is 0 Å². The molecular formula is C16H26N2O. The van der Waals surface area contributed by atoms with Gasteiger partial charge in [0.1, 0.15) is 0 Å². The molecule has 1 atom stereocenters. The van der Waals surface area contributed by atoms with E-state index in [1.54, 1.807) is 0 Å². The molecule has 1 aliphatic heterocycles. The molecule has 106 valence electrons. The lowest BCUT2D eigenvalue weighted by Crippen LogP contribution is -2.46. The fourth-order valence-electron chi connectivity index (χ4n) is 2.77. The van der Waals surface area contributed by atoms with Crippen LogP contribution in [0, 0.1) is 0 Å². The van der Waals surface area contributed by atoms with Crippen LogP contribution in [0.1, 0.15) is 24.5 Å². The van der Waals surface area contributed by atoms with Gasteiger partial charge in [-0.25, -0.2) is 0 Å². The van der Waals surface area contributed by atoms with E-state index >= 15 is 0 Å². The fraction of sp³-hybridized carbons (Fsp3) is 0.625. The maximum atomic E-state index is 5.64. The molecule has 0 saturated heterocycles. The molecule has 1 aromatic carbocycles. The minimum atomic E-state index is 0.588. The Hall–Kier alpha value is -0.900. The van der Waals surface area contributed by atoms with Crippen LogP contribution in [0.4, 0.5) is 0 Å². The number of fused-ring (bicyclic) bond motifs is 1. The molecule has 0 spiro atoms. The van der Waals surface area contributed by atoms with E-state index in [-0.39, 0.29) is 0 Å². The molecule has 1 unspecified atom stereocenters. The second-order valence-corrected chi connectivity index (χ2v) is 5.27. The summed E-state index contributed by atoms with van der Waals surface area (Å²) in [7, 11) is 2.03. The maximum Gasteiger partial charge on any atom is 0.0593 e. The highest BCUT2D eigenvalue weighted by Gasteiger charge is 2.24. The molecule has 0 aliphatic carbocycles. The van der Waals surface area contributed by atoms with E-state index in [1.807, 2.05) is 7.05 Å². The molecule has 0 amide bonds. The highest BCUT2D eigenvalue weighted by atomic mass is 16.5. The first kappa shape index (κ1) is 14.5. The van der Waals surface area contributed by atoms with E-state index in [9.17, 15) is 0 Å². The van der Waals surface area contributed by atoms with Crippen LogP contribution in [0.3, 0.4) is 0 Å². The Morgan fingerprint density at radius 3 is 2.79 bits per heavy atom. The average Bonchev–Trinajstić information content (AvgIpc) is 2.44. The second-order valence-electron chi connectivity index (χ2n) is 5.27. The molecule has 0 fully saturated rings. The SMILES string of the molecule is CCCOCCN1Cc2ccccc2CC1CNC. The van der Waals surface area contributed by atoms with Crippen LogP contribution >= 0.6 is 0 Å². The number of rotatable bonds is 7. The van der Waals surface area contributed by atoms with Gasteiger partial charge in [0.2, 0.25) is 0 Å². The van der Waals surface area contributed by atoms with Crippen molar-refractivity contribution in [1.82, 2.24) is 10.2 Å². The molecule has 2 rings (SSSR count). The number of ether oxygens (including phenoxy) is 1. The molecule has 1 heterocycles. The van der Waals surface area contributed by atoms with Crippen molar-refractivity contribution in [1.29, 1.82) is 0 Å². The summed E-state index contributed by atoms with van der Waals surface area (Å²) in [5.41, 5.74) is 2.99. The van der Waals surface area contributed by atoms with Crippen molar-refractivity contribution >= 4 is 0 Å². The number of likely N-dealkylation sites (N-methyl/N-ethyl adjacent to an activating group) is 1. The van der Waals surface area contributed by atoms with E-state index in [4.69, 9.17) is 4.74 Å². The van der Waals surface area contributed by atoms with Gasteiger partial charge < -0.3 is 10.1 Å². The number of benzene rings is 1. The zero-order valence-corrected chi connectivity index (χ0v) is 12.2. The van der Waals surface area contributed by atoms with E-state index in [2.05, 4.69) is 41.4 Å². The molecule has 19 heavy (non-hydrogen) atoms. The van der Waals surface area contributed by atoms with Crippen LogP contribution in [0.5, 0.6) is 0 Å². The second kappa shape index (κ2) is 7.63. The van der Waals surface area contributed by atoms with Gasteiger partial charge in [-0.1, -0.05) is 31.2 Å². The summed E-state index contributed by atoms with van der Waals surface area (Å²) in [4.78, 5) is 2.55. The van der Waals surface area contributed by atoms with Crippen LogP contribution in [0.15, 0.2) is 24.3 Å². The van der Waals surface area contributed by atoms with Crippen molar-refractivity contribution < 1.29 is 4.74 Å². The summed E-state index contributed by atoms with van der Waals surface area (Å²) >= 11 is 0. The van der Waals surface area contributed by atoms with Gasteiger partial charge in [0.05, 0.1) is 6.61 Å². The Labute approximate surface area is 116 Å². The third kappa shape index (κ3) is 4.03. The Bertz CT molecular complexity index is 381. The van der Waals surface area contributed by atoms with Crippen LogP contribution in [-0.2, 0) is 17.7 Å². The van der Waals surface area contributed by atoms with Crippen LogP contribution < -0.4 is 5.32 Å². The molecule has 1 aliphatic rings. The zero-order chi connectivity index (χ0) is 13.5. The molecular weight excluding hydrogens is 236 g/mol. The summed E-state index contributed by atoms with van der Waals surface area (Å²) in [5, 5.41) is 3.32. The Morgan fingerprint density at radius 2 is 2.05 bits per heavy atom. The first-order valence-electron chi connectivity index (χ1n) is 7.38. The Kier molecular flexibility index (Phi) is 5.83. The molecule has 1 aromatic rings. The predicted molar refractivity (Wildman–Crippen MR) is 79.4 cm³/mol. The van der Waals surface area contributed by atoms with E-state index in [0.29, 0.717) is 6.04 Å². The fourth-order valence-corrected chi connectivity index (χ4v) is 2.77. The first-order valence-corrected chi connectivity index (χ1v) is 7.38. The number of nitrogens with zero attached hydrogens (tertiary/aromatic N) is 1. The molecule has 0 saturated carbocycles. The number of nitrogens with one attached hydrogen (secondary N) is 1. The predicted octanol–water partition coefficient (Wildman–Crippen LogP) is 2.06. The summed E-state index contributed by atoms with van der Waals surface area (Å²) in [6, 6.07) is 9.40. The smallest absolute Gasteiger partial charge is 0.0593 e. The van der Waals surface area contributed by atoms with Gasteiger partial charge in [0.15, 0.2) is 0 Å². The van der Waals surface area contributed by atoms with E-state index in [1.165, 1.54) is 11.1 Å². The van der Waals surface area contributed by atoms with Crippen molar-refractivity contribution in [3.8, 4) is 0 Å². The van der Waals surface area contributed by atoms with Crippen LogP contribution in [0.2, 0.25) is 0 Å². The first-order chi connectivity index (χ1) is 9.35. The zero-order valence-electron chi connectivity index (χ0n) is 12.2. The molecule has 3 heteroatoms. The summed E-state index contributed by atoms with van der Waals surface area (Å²) < 4.78 is 5.64. The van der Waals surface area contributed by atoms with Gasteiger partial charge in [0, 0.05) is 32.3 Å². The normalized spacial score (nSPS) is 19.4. The van der Waals surface area contributed by atoms with Crippen molar-refractivity contribution in [3.63, 3.8) is 0 Å². The van der Waals surface area contributed by atoms with Crippen molar-refractivity contribution in [2.24, 2.45) is 0 Å². The Balaban J connectivity index is 1.95. The monoisotopic (exact) mass is 262 g/mol. The van der Waals surface area contributed by atoms with Crippen molar-refractivity contribution in [3.05, 3.63) is 35.4 Å². The maximum absolute atomic E-state index is 5.64. The molecule has 0 bridgehead atoms. The van der Waals surface area contributed by atoms with Gasteiger partial charge in [-0.2, -0.15) is 0 Å². The third-order valence-electron chi connectivity index (χ3n) is 3.77. The summed E-state index contributed by atoms with van der Waals surface area (Å²) in [6.45, 7) is 7.00. The standard InChI is InChI=1S/C16H26N2O/c1-3-9-19-10-8-18-13-15-7-5-4-6-14(15)11-16(18)12-17-2/h4-7,16-17H,3,8-13H2,1-2H3. The lowest BCUT2D eigenvalue weighted by atomic mass is 9.94. The third-order valence-corrected chi connectivity index (χ3v) is 3.77. The van der Waals surface area contributed by atoms with Gasteiger partial charge in [-0.05, 0) is 31.0 Å². The van der Waals surface area contributed by atoms with Crippen LogP contribution in [-0.4, -0.2) is 44.3 Å². The summed E-state index contributed by atoms with van der Waals surface area (Å²) in [5.74, 6) is 0. The highest BCUT2D eigenvalue weighted by molar-refractivity contribution is 5.30. The molecule has 0 aromatic heterocycles. The minimum Gasteiger partial charge on any atom is -0.380 e. The number of hydrogen-bond donors (Lipinski definition) is 1. The summed E-state index contributed by atoms with van der Waals surface area (Å²) in [6.07, 6.45) is 2.24. The minimum absolute atomic E-state index is 0.588. The lowest BCUT2D eigenvalue weighted by molar-refractivity contribution is 0.0784. The Morgan fingerprint density at radius 1 is 1.26 bits per heavy atom.